The Kier molecular flexibility index (Phi) is 6.64. The van der Waals surface area contributed by atoms with E-state index in [4.69, 9.17) is 21.3 Å². The van der Waals surface area contributed by atoms with Crippen molar-refractivity contribution in [2.75, 3.05) is 19.0 Å². The largest absolute Gasteiger partial charge is 0.491 e. The van der Waals surface area contributed by atoms with Crippen LogP contribution in [0.5, 0.6) is 5.75 Å². The summed E-state index contributed by atoms with van der Waals surface area (Å²) in [7, 11) is 1.69. The van der Waals surface area contributed by atoms with Crippen LogP contribution in [0.3, 0.4) is 0 Å². The predicted octanol–water partition coefficient (Wildman–Crippen LogP) is 3.74. The third-order valence-corrected chi connectivity index (χ3v) is 6.31. The molecule has 0 saturated carbocycles. The molecular formula is C25H25ClN8O3. The maximum atomic E-state index is 13.6. The minimum atomic E-state index is -0.465. The molecule has 5 rings (SSSR count). The summed E-state index contributed by atoms with van der Waals surface area (Å²) in [6, 6.07) is 4.89. The van der Waals surface area contributed by atoms with Crippen molar-refractivity contribution in [2.45, 2.75) is 26.5 Å². The Hall–Kier alpha value is -4.22. The molecule has 1 aromatic carbocycles. The Labute approximate surface area is 216 Å². The number of nitrogens with zero attached hydrogens (tertiary/aromatic N) is 5. The highest BCUT2D eigenvalue weighted by Crippen LogP contribution is 2.37. The van der Waals surface area contributed by atoms with E-state index in [0.29, 0.717) is 56.7 Å². The zero-order valence-corrected chi connectivity index (χ0v) is 21.2. The molecule has 0 saturated heterocycles. The summed E-state index contributed by atoms with van der Waals surface area (Å²) >= 11 is 6.50. The highest BCUT2D eigenvalue weighted by molar-refractivity contribution is 6.35. The first-order valence-corrected chi connectivity index (χ1v) is 12.0. The molecule has 0 fully saturated rings. The first-order valence-electron chi connectivity index (χ1n) is 11.7. The first-order chi connectivity index (χ1) is 17.9. The number of hydrogen-bond acceptors (Lipinski definition) is 8. The van der Waals surface area contributed by atoms with Crippen molar-refractivity contribution in [1.82, 2.24) is 35.1 Å². The molecule has 12 heteroatoms. The van der Waals surface area contributed by atoms with Gasteiger partial charge in [-0.3, -0.25) is 14.9 Å². The van der Waals surface area contributed by atoms with E-state index in [9.17, 15) is 9.90 Å². The number of carbonyl (C=O) groups is 1. The molecular weight excluding hydrogens is 496 g/mol. The van der Waals surface area contributed by atoms with Gasteiger partial charge in [-0.15, -0.1) is 5.10 Å². The van der Waals surface area contributed by atoms with Crippen LogP contribution in [0.25, 0.3) is 27.8 Å². The van der Waals surface area contributed by atoms with Crippen LogP contribution in [0.4, 0.5) is 5.82 Å². The number of hydrogen-bond donors (Lipinski definition) is 4. The molecule has 4 heterocycles. The van der Waals surface area contributed by atoms with Gasteiger partial charge in [-0.05, 0) is 37.6 Å². The average molecular weight is 521 g/mol. The third-order valence-electron chi connectivity index (χ3n) is 5.99. The Bertz CT molecular complexity index is 1610. The van der Waals surface area contributed by atoms with Gasteiger partial charge in [-0.1, -0.05) is 11.6 Å². The molecule has 0 aliphatic heterocycles. The molecule has 1 unspecified atom stereocenters. The van der Waals surface area contributed by atoms with E-state index in [1.54, 1.807) is 50.0 Å². The number of H-pyrrole nitrogens is 1. The van der Waals surface area contributed by atoms with Crippen molar-refractivity contribution in [3.8, 4) is 17.0 Å². The smallest absolute Gasteiger partial charge is 0.259 e. The second-order valence-electron chi connectivity index (χ2n) is 8.36. The van der Waals surface area contributed by atoms with E-state index in [1.165, 1.54) is 4.52 Å². The van der Waals surface area contributed by atoms with E-state index < -0.39 is 6.04 Å². The maximum absolute atomic E-state index is 13.6. The number of aromatic amines is 1. The lowest BCUT2D eigenvalue weighted by molar-refractivity contribution is 0.0941. The van der Waals surface area contributed by atoms with Crippen LogP contribution in [-0.2, 0) is 6.61 Å². The number of rotatable bonds is 8. The molecule has 0 spiro atoms. The van der Waals surface area contributed by atoms with E-state index in [2.05, 4.69) is 30.9 Å². The van der Waals surface area contributed by atoms with Crippen LogP contribution in [0.1, 0.15) is 41.4 Å². The first kappa shape index (κ1) is 24.5. The summed E-state index contributed by atoms with van der Waals surface area (Å²) in [6.07, 6.45) is 6.60. The van der Waals surface area contributed by atoms with E-state index in [-0.39, 0.29) is 18.1 Å². The van der Waals surface area contributed by atoms with Gasteiger partial charge in [0.05, 0.1) is 36.2 Å². The normalized spacial score (nSPS) is 12.1. The molecule has 4 aromatic heterocycles. The zero-order chi connectivity index (χ0) is 26.1. The Morgan fingerprint density at radius 3 is 2.89 bits per heavy atom. The lowest BCUT2D eigenvalue weighted by Crippen LogP contribution is -2.27. The fourth-order valence-electron chi connectivity index (χ4n) is 4.22. The monoisotopic (exact) mass is 520 g/mol. The molecule has 0 aliphatic rings. The van der Waals surface area contributed by atoms with Gasteiger partial charge in [0.2, 0.25) is 0 Å². The molecule has 0 bridgehead atoms. The van der Waals surface area contributed by atoms with Gasteiger partial charge in [0.1, 0.15) is 16.8 Å². The number of carbonyl (C=O) groups excluding carboxylic acids is 1. The SMILES string of the molecule is CCOc1c(C(C)NC(=O)c2c(NC)nn3ccc(-c4cncc(CO)c4)nc23)cc(Cl)c2cn[nH]c12. The molecule has 4 N–H and O–H groups in total. The van der Waals surface area contributed by atoms with Crippen molar-refractivity contribution >= 4 is 39.9 Å². The number of ether oxygens (including phenoxy) is 1. The predicted molar refractivity (Wildman–Crippen MR) is 140 cm³/mol. The Balaban J connectivity index is 1.53. The molecule has 37 heavy (non-hydrogen) atoms. The lowest BCUT2D eigenvalue weighted by Gasteiger charge is -2.19. The molecule has 190 valence electrons. The van der Waals surface area contributed by atoms with Gasteiger partial charge < -0.3 is 20.5 Å². The molecule has 0 radical (unpaired) electrons. The molecule has 0 aliphatic carbocycles. The average Bonchev–Trinajstić information content (AvgIpc) is 3.55. The highest BCUT2D eigenvalue weighted by Gasteiger charge is 2.25. The van der Waals surface area contributed by atoms with Crippen molar-refractivity contribution in [2.24, 2.45) is 0 Å². The third kappa shape index (κ3) is 4.43. The van der Waals surface area contributed by atoms with Gasteiger partial charge in [0.15, 0.2) is 11.5 Å². The fourth-order valence-corrected chi connectivity index (χ4v) is 4.48. The number of nitrogens with one attached hydrogen (secondary N) is 3. The van der Waals surface area contributed by atoms with Gasteiger partial charge in [0.25, 0.3) is 5.91 Å². The lowest BCUT2D eigenvalue weighted by atomic mass is 10.0. The summed E-state index contributed by atoms with van der Waals surface area (Å²) in [6.45, 7) is 4.03. The number of aliphatic hydroxyl groups is 1. The van der Waals surface area contributed by atoms with E-state index in [1.807, 2.05) is 13.8 Å². The number of amides is 1. The summed E-state index contributed by atoms with van der Waals surface area (Å²) in [5.41, 5.74) is 4.00. The maximum Gasteiger partial charge on any atom is 0.259 e. The highest BCUT2D eigenvalue weighted by atomic mass is 35.5. The molecule has 11 nitrogen and oxygen atoms in total. The summed E-state index contributed by atoms with van der Waals surface area (Å²) < 4.78 is 7.45. The van der Waals surface area contributed by atoms with Crippen molar-refractivity contribution in [3.63, 3.8) is 0 Å². The van der Waals surface area contributed by atoms with Crippen LogP contribution in [0.15, 0.2) is 43.0 Å². The van der Waals surface area contributed by atoms with Crippen LogP contribution in [0.2, 0.25) is 5.02 Å². The number of fused-ring (bicyclic) bond motifs is 2. The minimum absolute atomic E-state index is 0.136. The van der Waals surface area contributed by atoms with E-state index >= 15 is 0 Å². The second kappa shape index (κ2) is 10.0. The van der Waals surface area contributed by atoms with Crippen LogP contribution in [-0.4, -0.2) is 54.4 Å². The summed E-state index contributed by atoms with van der Waals surface area (Å²) in [4.78, 5) is 22.5. The second-order valence-corrected chi connectivity index (χ2v) is 8.77. The van der Waals surface area contributed by atoms with Crippen molar-refractivity contribution in [1.29, 1.82) is 0 Å². The zero-order valence-electron chi connectivity index (χ0n) is 20.4. The fraction of sp³-hybridized carbons (Fsp3) is 0.240. The van der Waals surface area contributed by atoms with Crippen LogP contribution >= 0.6 is 11.6 Å². The Morgan fingerprint density at radius 1 is 1.30 bits per heavy atom. The van der Waals surface area contributed by atoms with Gasteiger partial charge in [-0.2, -0.15) is 5.10 Å². The van der Waals surface area contributed by atoms with Crippen LogP contribution in [0, 0.1) is 0 Å². The number of anilines is 1. The Morgan fingerprint density at radius 2 is 2.14 bits per heavy atom. The number of benzene rings is 1. The standard InChI is InChI=1S/C25H25ClN8O3/c1-4-37-22-16(8-18(26)17-11-29-32-21(17)22)13(2)30-25(36)20-23(27-3)33-34-6-5-19(31-24(20)34)15-7-14(12-35)9-28-10-15/h5-11,13,35H,4,12H2,1-3H3,(H,27,33)(H,29,32)(H,30,36). The quantitative estimate of drug-likeness (QED) is 0.242. The molecule has 1 amide bonds. The number of pyridine rings is 1. The minimum Gasteiger partial charge on any atom is -0.491 e. The number of aliphatic hydroxyl groups excluding tert-OH is 1. The molecule has 5 aromatic rings. The van der Waals surface area contributed by atoms with Gasteiger partial charge >= 0.3 is 0 Å². The van der Waals surface area contributed by atoms with Crippen molar-refractivity contribution in [3.05, 3.63) is 64.7 Å². The summed E-state index contributed by atoms with van der Waals surface area (Å²) in [5, 5.41) is 28.2. The number of halogens is 1. The molecule has 1 atom stereocenters. The van der Waals surface area contributed by atoms with Gasteiger partial charge in [0, 0.05) is 42.2 Å². The topological polar surface area (TPSA) is 142 Å². The van der Waals surface area contributed by atoms with E-state index in [0.717, 1.165) is 5.39 Å². The van der Waals surface area contributed by atoms with Crippen LogP contribution < -0.4 is 15.4 Å². The van der Waals surface area contributed by atoms with Gasteiger partial charge in [-0.25, -0.2) is 9.50 Å². The summed E-state index contributed by atoms with van der Waals surface area (Å²) in [5.74, 6) is 0.586. The number of aromatic nitrogens is 6. The van der Waals surface area contributed by atoms with Crippen molar-refractivity contribution < 1.29 is 14.6 Å².